The molecule has 1 aliphatic rings. The van der Waals surface area contributed by atoms with Crippen molar-refractivity contribution in [1.82, 2.24) is 25.3 Å². The molecule has 1 amide bonds. The summed E-state index contributed by atoms with van der Waals surface area (Å²) in [5, 5.41) is 16.4. The number of nitrogens with zero attached hydrogens (tertiary/aromatic N) is 3. The Bertz CT molecular complexity index is 1520. The largest absolute Gasteiger partial charge is 0.476 e. The first-order chi connectivity index (χ1) is 17.7. The van der Waals surface area contributed by atoms with Gasteiger partial charge in [0.1, 0.15) is 17.3 Å². The summed E-state index contributed by atoms with van der Waals surface area (Å²) in [4.78, 5) is 38.6. The number of benzene rings is 1. The van der Waals surface area contributed by atoms with Gasteiger partial charge in [0.05, 0.1) is 11.2 Å². The zero-order chi connectivity index (χ0) is 26.3. The minimum atomic E-state index is -1.20. The molecule has 0 spiro atoms. The van der Waals surface area contributed by atoms with Crippen molar-refractivity contribution in [3.8, 4) is 11.4 Å². The maximum atomic E-state index is 15.0. The Hall–Kier alpha value is -4.00. The van der Waals surface area contributed by atoms with Crippen molar-refractivity contribution < 1.29 is 27.9 Å². The van der Waals surface area contributed by atoms with Gasteiger partial charge in [0.25, 0.3) is 5.91 Å². The molecular formula is C24H21F3N6O3S. The minimum Gasteiger partial charge on any atom is -0.476 e. The van der Waals surface area contributed by atoms with E-state index in [4.69, 9.17) is 5.11 Å². The highest BCUT2D eigenvalue weighted by Crippen LogP contribution is 2.31. The predicted molar refractivity (Wildman–Crippen MR) is 130 cm³/mol. The minimum absolute atomic E-state index is 0.0335. The molecule has 192 valence electrons. The summed E-state index contributed by atoms with van der Waals surface area (Å²) in [7, 11) is 0. The van der Waals surface area contributed by atoms with Crippen molar-refractivity contribution in [3.05, 3.63) is 57.6 Å². The van der Waals surface area contributed by atoms with Gasteiger partial charge in [-0.2, -0.15) is 0 Å². The number of H-pyrrole nitrogens is 1. The molecule has 3 heterocycles. The number of aromatic amines is 1. The van der Waals surface area contributed by atoms with E-state index < -0.39 is 29.3 Å². The molecule has 0 bridgehead atoms. The molecule has 1 saturated carbocycles. The van der Waals surface area contributed by atoms with E-state index >= 15 is 0 Å². The lowest BCUT2D eigenvalue weighted by Crippen LogP contribution is -2.42. The first-order valence-electron chi connectivity index (χ1n) is 11.5. The van der Waals surface area contributed by atoms with E-state index in [2.05, 4.69) is 30.6 Å². The topological polar surface area (TPSA) is 133 Å². The molecule has 4 N–H and O–H groups in total. The fourth-order valence-corrected chi connectivity index (χ4v) is 5.13. The Morgan fingerprint density at radius 2 is 1.92 bits per heavy atom. The Kier molecular flexibility index (Phi) is 6.54. The maximum absolute atomic E-state index is 15.0. The molecule has 4 aromatic rings. The molecule has 5 rings (SSSR count). The van der Waals surface area contributed by atoms with Crippen molar-refractivity contribution in [2.45, 2.75) is 44.7 Å². The fourth-order valence-electron chi connectivity index (χ4n) is 4.50. The van der Waals surface area contributed by atoms with Crippen molar-refractivity contribution in [2.75, 3.05) is 5.32 Å². The third-order valence-corrected chi connectivity index (χ3v) is 7.06. The third-order valence-electron chi connectivity index (χ3n) is 6.23. The van der Waals surface area contributed by atoms with E-state index in [1.165, 1.54) is 18.5 Å². The number of hydrogen-bond acceptors (Lipinski definition) is 7. The highest BCUT2D eigenvalue weighted by Gasteiger charge is 2.27. The van der Waals surface area contributed by atoms with Crippen molar-refractivity contribution >= 4 is 39.9 Å². The first kappa shape index (κ1) is 24.7. The molecule has 1 aliphatic carbocycles. The smallest absolute Gasteiger partial charge is 0.365 e. The van der Waals surface area contributed by atoms with Gasteiger partial charge in [-0.3, -0.25) is 4.79 Å². The van der Waals surface area contributed by atoms with Crippen LogP contribution in [0.3, 0.4) is 0 Å². The van der Waals surface area contributed by atoms with E-state index in [1.54, 1.807) is 0 Å². The van der Waals surface area contributed by atoms with Gasteiger partial charge in [-0.05, 0) is 38.7 Å². The van der Waals surface area contributed by atoms with Crippen LogP contribution in [0.15, 0.2) is 23.7 Å². The van der Waals surface area contributed by atoms with Crippen LogP contribution < -0.4 is 10.6 Å². The predicted octanol–water partition coefficient (Wildman–Crippen LogP) is 4.66. The van der Waals surface area contributed by atoms with Crippen LogP contribution in [0.2, 0.25) is 0 Å². The highest BCUT2D eigenvalue weighted by atomic mass is 32.1. The zero-order valence-corrected chi connectivity index (χ0v) is 20.3. The summed E-state index contributed by atoms with van der Waals surface area (Å²) in [6.07, 6.45) is 4.07. The SMILES string of the molecule is Cc1nc(-c2c[nH]c3c(F)cc(F)cc23)nc(N[C@H]2CCC[C@@H](NC(=O)c3csc(C(=O)O)n3)C2)c1F. The van der Waals surface area contributed by atoms with Crippen LogP contribution in [0.1, 0.15) is 51.7 Å². The lowest BCUT2D eigenvalue weighted by molar-refractivity contribution is 0.0696. The van der Waals surface area contributed by atoms with E-state index in [1.807, 2.05) is 0 Å². The maximum Gasteiger partial charge on any atom is 0.365 e. The highest BCUT2D eigenvalue weighted by molar-refractivity contribution is 7.11. The second kappa shape index (κ2) is 9.81. The van der Waals surface area contributed by atoms with Gasteiger partial charge in [0.2, 0.25) is 5.01 Å². The van der Waals surface area contributed by atoms with Gasteiger partial charge in [-0.1, -0.05) is 0 Å². The number of thiazole rings is 1. The zero-order valence-electron chi connectivity index (χ0n) is 19.4. The Balaban J connectivity index is 1.34. The molecule has 2 atom stereocenters. The lowest BCUT2D eigenvalue weighted by Gasteiger charge is -2.30. The van der Waals surface area contributed by atoms with Crippen LogP contribution in [0.4, 0.5) is 19.0 Å². The molecule has 37 heavy (non-hydrogen) atoms. The summed E-state index contributed by atoms with van der Waals surface area (Å²) in [6.45, 7) is 1.48. The van der Waals surface area contributed by atoms with Crippen LogP contribution in [0.5, 0.6) is 0 Å². The lowest BCUT2D eigenvalue weighted by atomic mass is 9.91. The summed E-state index contributed by atoms with van der Waals surface area (Å²) < 4.78 is 43.0. The fraction of sp³-hybridized carbons (Fsp3) is 0.292. The van der Waals surface area contributed by atoms with Gasteiger partial charge in [0.15, 0.2) is 17.5 Å². The standard InChI is InChI=1S/C24H21F3N6O3S/c1-10-18(27)21(33-20(29-10)15-8-28-19-14(15)5-11(25)6-16(19)26)30-12-3-2-4-13(7-12)31-22(34)17-9-37-23(32-17)24(35)36/h5-6,8-9,12-13,28H,2-4,7H2,1H3,(H,31,34)(H,35,36)(H,29,30,33)/t12-,13+/m0/s1. The molecular weight excluding hydrogens is 509 g/mol. The summed E-state index contributed by atoms with van der Waals surface area (Å²) in [6, 6.07) is 1.47. The number of halogens is 3. The molecule has 0 saturated heterocycles. The van der Waals surface area contributed by atoms with Crippen LogP contribution in [-0.2, 0) is 0 Å². The van der Waals surface area contributed by atoms with Crippen LogP contribution in [0.25, 0.3) is 22.3 Å². The van der Waals surface area contributed by atoms with Crippen molar-refractivity contribution in [2.24, 2.45) is 0 Å². The normalized spacial score (nSPS) is 17.6. The number of rotatable bonds is 6. The molecule has 1 aromatic carbocycles. The summed E-state index contributed by atoms with van der Waals surface area (Å²) in [5.74, 6) is -3.76. The summed E-state index contributed by atoms with van der Waals surface area (Å²) >= 11 is 0.872. The summed E-state index contributed by atoms with van der Waals surface area (Å²) in [5.41, 5.74) is 0.526. The number of carboxylic acids is 1. The molecule has 1 fully saturated rings. The van der Waals surface area contributed by atoms with Crippen LogP contribution >= 0.6 is 11.3 Å². The average Bonchev–Trinajstić information content (AvgIpc) is 3.50. The number of amides is 1. The van der Waals surface area contributed by atoms with E-state index in [-0.39, 0.29) is 51.0 Å². The third kappa shape index (κ3) is 4.99. The second-order valence-electron chi connectivity index (χ2n) is 8.83. The van der Waals surface area contributed by atoms with Gasteiger partial charge in [0, 0.05) is 40.7 Å². The first-order valence-corrected chi connectivity index (χ1v) is 12.3. The number of carbonyl (C=O) groups is 2. The number of carboxylic acid groups (broad SMARTS) is 1. The van der Waals surface area contributed by atoms with E-state index in [0.717, 1.165) is 29.9 Å². The van der Waals surface area contributed by atoms with Crippen LogP contribution in [-0.4, -0.2) is 49.0 Å². The van der Waals surface area contributed by atoms with Crippen molar-refractivity contribution in [3.63, 3.8) is 0 Å². The van der Waals surface area contributed by atoms with Gasteiger partial charge >= 0.3 is 5.97 Å². The number of anilines is 1. The Morgan fingerprint density at radius 3 is 2.68 bits per heavy atom. The molecule has 0 aliphatic heterocycles. The number of hydrogen-bond donors (Lipinski definition) is 4. The molecule has 0 unspecified atom stereocenters. The number of aromatic nitrogens is 4. The van der Waals surface area contributed by atoms with Crippen LogP contribution in [0, 0.1) is 24.4 Å². The quantitative estimate of drug-likeness (QED) is 0.285. The molecule has 0 radical (unpaired) electrons. The number of aryl methyl sites for hydroxylation is 1. The van der Waals surface area contributed by atoms with E-state index in [0.29, 0.717) is 24.8 Å². The Labute approximate surface area is 212 Å². The molecule has 3 aromatic heterocycles. The number of carbonyl (C=O) groups excluding carboxylic acids is 1. The molecule has 9 nitrogen and oxygen atoms in total. The van der Waals surface area contributed by atoms with Gasteiger partial charge in [-0.25, -0.2) is 32.9 Å². The average molecular weight is 531 g/mol. The number of fused-ring (bicyclic) bond motifs is 1. The van der Waals surface area contributed by atoms with Gasteiger partial charge in [-0.15, -0.1) is 11.3 Å². The Morgan fingerprint density at radius 1 is 1.14 bits per heavy atom. The number of aromatic carboxylic acids is 1. The molecule has 13 heteroatoms. The second-order valence-corrected chi connectivity index (χ2v) is 9.69. The van der Waals surface area contributed by atoms with E-state index in [9.17, 15) is 22.8 Å². The van der Waals surface area contributed by atoms with Gasteiger partial charge < -0.3 is 20.7 Å². The monoisotopic (exact) mass is 530 g/mol. The number of nitrogens with one attached hydrogen (secondary N) is 3. The van der Waals surface area contributed by atoms with Crippen molar-refractivity contribution in [1.29, 1.82) is 0 Å².